The van der Waals surface area contributed by atoms with Gasteiger partial charge in [0.2, 0.25) is 3.79 Å². The summed E-state index contributed by atoms with van der Waals surface area (Å²) in [5.41, 5.74) is 0.893. The van der Waals surface area contributed by atoms with Crippen LogP contribution in [0.4, 0.5) is 0 Å². The maximum Gasteiger partial charge on any atom is 0.309 e. The summed E-state index contributed by atoms with van der Waals surface area (Å²) in [5, 5.41) is 0. The summed E-state index contributed by atoms with van der Waals surface area (Å²) in [6, 6.07) is 9.39. The molecule has 0 heterocycles. The van der Waals surface area contributed by atoms with E-state index in [0.717, 1.165) is 31.2 Å². The highest BCUT2D eigenvalue weighted by atomic mass is 35.6. The van der Waals surface area contributed by atoms with Crippen LogP contribution >= 0.6 is 34.8 Å². The Morgan fingerprint density at radius 1 is 1.04 bits per heavy atom. The molecule has 1 rings (SSSR count). The monoisotopic (exact) mass is 422 g/mol. The average Bonchev–Trinajstić information content (AvgIpc) is 2.61. The third-order valence-electron chi connectivity index (χ3n) is 3.77. The Kier molecular flexibility index (Phi) is 11.0. The van der Waals surface area contributed by atoms with Gasteiger partial charge in [-0.1, -0.05) is 97.7 Å². The lowest BCUT2D eigenvalue weighted by atomic mass is 9.97. The summed E-state index contributed by atoms with van der Waals surface area (Å²) in [6.07, 6.45) is 4.51. The number of unbranched alkanes of at least 4 members (excludes halogenated alkanes) is 3. The van der Waals surface area contributed by atoms with Crippen LogP contribution in [0.1, 0.15) is 51.0 Å². The van der Waals surface area contributed by atoms with Crippen molar-refractivity contribution in [3.8, 4) is 0 Å². The summed E-state index contributed by atoms with van der Waals surface area (Å²) < 4.78 is 8.64. The van der Waals surface area contributed by atoms with Gasteiger partial charge in [0.1, 0.15) is 13.2 Å². The number of halogens is 3. The Hall–Kier alpha value is -0.970. The number of ether oxygens (including phenoxy) is 2. The number of carbonyl (C=O) groups excluding carboxylic acids is 2. The predicted octanol–water partition coefficient (Wildman–Crippen LogP) is 5.62. The largest absolute Gasteiger partial charge is 0.461 e. The molecule has 0 aliphatic rings. The number of alkyl halides is 3. The fourth-order valence-corrected chi connectivity index (χ4v) is 2.55. The third kappa shape index (κ3) is 10.9. The van der Waals surface area contributed by atoms with Crippen molar-refractivity contribution in [3.05, 3.63) is 35.9 Å². The zero-order valence-electron chi connectivity index (χ0n) is 14.9. The van der Waals surface area contributed by atoms with Crippen LogP contribution < -0.4 is 0 Å². The quantitative estimate of drug-likeness (QED) is 0.263. The van der Waals surface area contributed by atoms with Crippen LogP contribution in [0, 0.1) is 5.92 Å². The molecule has 1 aromatic carbocycles. The number of esters is 2. The SMILES string of the molecule is CCCCCCC(CC(=O)OCC(Cl)(Cl)Cl)C(=O)OCc1ccccc1. The zero-order chi connectivity index (χ0) is 19.4. The van der Waals surface area contributed by atoms with Crippen LogP contribution in [0.5, 0.6) is 0 Å². The molecular weight excluding hydrogens is 399 g/mol. The first-order chi connectivity index (χ1) is 12.3. The third-order valence-corrected chi connectivity index (χ3v) is 4.10. The van der Waals surface area contributed by atoms with E-state index in [1.54, 1.807) is 0 Å². The lowest BCUT2D eigenvalue weighted by molar-refractivity contribution is -0.156. The van der Waals surface area contributed by atoms with E-state index in [9.17, 15) is 9.59 Å². The van der Waals surface area contributed by atoms with Gasteiger partial charge in [-0.25, -0.2) is 0 Å². The van der Waals surface area contributed by atoms with E-state index in [-0.39, 0.29) is 19.6 Å². The van der Waals surface area contributed by atoms with Crippen molar-refractivity contribution in [2.24, 2.45) is 5.92 Å². The van der Waals surface area contributed by atoms with Gasteiger partial charge in [0.05, 0.1) is 12.3 Å². The molecule has 1 aromatic rings. The second-order valence-corrected chi connectivity index (χ2v) is 8.64. The standard InChI is InChI=1S/C19H25Cl3O4/c1-2-3-4-8-11-16(12-17(23)26-14-19(20,21)22)18(24)25-13-15-9-6-5-7-10-15/h5-7,9-10,16H,2-4,8,11-14H2,1H3. The number of carbonyl (C=O) groups is 2. The summed E-state index contributed by atoms with van der Waals surface area (Å²) in [7, 11) is 0. The molecule has 0 aliphatic carbocycles. The van der Waals surface area contributed by atoms with Gasteiger partial charge < -0.3 is 9.47 Å². The highest BCUT2D eigenvalue weighted by Crippen LogP contribution is 2.26. The van der Waals surface area contributed by atoms with Gasteiger partial charge in [-0.2, -0.15) is 0 Å². The molecule has 0 N–H and O–H groups in total. The molecule has 0 radical (unpaired) electrons. The average molecular weight is 424 g/mol. The van der Waals surface area contributed by atoms with Gasteiger partial charge >= 0.3 is 11.9 Å². The number of hydrogen-bond donors (Lipinski definition) is 0. The Morgan fingerprint density at radius 2 is 1.73 bits per heavy atom. The molecular formula is C19H25Cl3O4. The molecule has 0 bridgehead atoms. The second-order valence-electron chi connectivity index (χ2n) is 6.12. The Bertz CT molecular complexity index is 543. The van der Waals surface area contributed by atoms with Gasteiger partial charge in [0.15, 0.2) is 0 Å². The molecule has 0 saturated heterocycles. The van der Waals surface area contributed by atoms with Crippen molar-refractivity contribution in [1.82, 2.24) is 0 Å². The first-order valence-corrected chi connectivity index (χ1v) is 9.88. The van der Waals surface area contributed by atoms with Crippen LogP contribution in [0.25, 0.3) is 0 Å². The molecule has 0 fully saturated rings. The fraction of sp³-hybridized carbons (Fsp3) is 0.579. The van der Waals surface area contributed by atoms with E-state index < -0.39 is 21.6 Å². The van der Waals surface area contributed by atoms with E-state index in [1.165, 1.54) is 0 Å². The zero-order valence-corrected chi connectivity index (χ0v) is 17.2. The van der Waals surface area contributed by atoms with Gasteiger partial charge in [-0.15, -0.1) is 0 Å². The van der Waals surface area contributed by atoms with Crippen molar-refractivity contribution < 1.29 is 19.1 Å². The van der Waals surface area contributed by atoms with Crippen LogP contribution in [0.2, 0.25) is 0 Å². The normalized spacial score (nSPS) is 12.5. The van der Waals surface area contributed by atoms with E-state index in [4.69, 9.17) is 44.3 Å². The summed E-state index contributed by atoms with van der Waals surface area (Å²) in [6.45, 7) is 1.94. The van der Waals surface area contributed by atoms with Gasteiger partial charge in [0, 0.05) is 0 Å². The van der Waals surface area contributed by atoms with Crippen LogP contribution in [0.3, 0.4) is 0 Å². The molecule has 0 spiro atoms. The second kappa shape index (κ2) is 12.4. The van der Waals surface area contributed by atoms with Crippen LogP contribution in [0.15, 0.2) is 30.3 Å². The van der Waals surface area contributed by atoms with Gasteiger partial charge in [-0.05, 0) is 12.0 Å². The van der Waals surface area contributed by atoms with E-state index in [2.05, 4.69) is 6.92 Å². The fourth-order valence-electron chi connectivity index (χ4n) is 2.39. The van der Waals surface area contributed by atoms with Crippen LogP contribution in [-0.2, 0) is 25.7 Å². The Morgan fingerprint density at radius 3 is 2.35 bits per heavy atom. The van der Waals surface area contributed by atoms with Crippen molar-refractivity contribution in [2.45, 2.75) is 55.8 Å². The molecule has 0 amide bonds. The highest BCUT2D eigenvalue weighted by Gasteiger charge is 2.27. The first kappa shape index (κ1) is 23.1. The molecule has 26 heavy (non-hydrogen) atoms. The van der Waals surface area contributed by atoms with Gasteiger partial charge in [0.25, 0.3) is 0 Å². The van der Waals surface area contributed by atoms with Crippen molar-refractivity contribution >= 4 is 46.7 Å². The van der Waals surface area contributed by atoms with Crippen molar-refractivity contribution in [1.29, 1.82) is 0 Å². The molecule has 0 aromatic heterocycles. The topological polar surface area (TPSA) is 52.6 Å². The molecule has 7 heteroatoms. The molecule has 146 valence electrons. The number of benzene rings is 1. The lowest BCUT2D eigenvalue weighted by Crippen LogP contribution is -2.24. The maximum absolute atomic E-state index is 12.4. The smallest absolute Gasteiger partial charge is 0.309 e. The van der Waals surface area contributed by atoms with E-state index in [1.807, 2.05) is 30.3 Å². The van der Waals surface area contributed by atoms with E-state index in [0.29, 0.717) is 6.42 Å². The summed E-state index contributed by atoms with van der Waals surface area (Å²) >= 11 is 16.7. The minimum Gasteiger partial charge on any atom is -0.461 e. The molecule has 1 atom stereocenters. The minimum atomic E-state index is -1.67. The lowest BCUT2D eigenvalue weighted by Gasteiger charge is -2.17. The molecule has 0 aliphatic heterocycles. The molecule has 0 saturated carbocycles. The molecule has 1 unspecified atom stereocenters. The Balaban J connectivity index is 2.55. The number of hydrogen-bond acceptors (Lipinski definition) is 4. The highest BCUT2D eigenvalue weighted by molar-refractivity contribution is 6.67. The van der Waals surface area contributed by atoms with Gasteiger partial charge in [-0.3, -0.25) is 9.59 Å². The predicted molar refractivity (Wildman–Crippen MR) is 104 cm³/mol. The Labute approximate surface area is 170 Å². The van der Waals surface area contributed by atoms with Crippen molar-refractivity contribution in [2.75, 3.05) is 6.61 Å². The molecule has 4 nitrogen and oxygen atoms in total. The summed E-state index contributed by atoms with van der Waals surface area (Å²) in [4.78, 5) is 24.4. The van der Waals surface area contributed by atoms with Crippen LogP contribution in [-0.4, -0.2) is 22.3 Å². The first-order valence-electron chi connectivity index (χ1n) is 8.74. The number of rotatable bonds is 11. The minimum absolute atomic E-state index is 0.0828. The summed E-state index contributed by atoms with van der Waals surface area (Å²) in [5.74, 6) is -1.54. The van der Waals surface area contributed by atoms with Crippen molar-refractivity contribution in [3.63, 3.8) is 0 Å². The van der Waals surface area contributed by atoms with E-state index >= 15 is 0 Å². The maximum atomic E-state index is 12.4.